The molecule has 0 aliphatic heterocycles. The minimum Gasteiger partial charge on any atom is -0.530 e. The molecular formula is C11H26N6O6. The van der Waals surface area contributed by atoms with Gasteiger partial charge in [0.05, 0.1) is 52.4 Å². The first kappa shape index (κ1) is 23.0. The lowest BCUT2D eigenvalue weighted by molar-refractivity contribution is -0.651. The van der Waals surface area contributed by atoms with Crippen LogP contribution in [-0.4, -0.2) is 75.5 Å². The Balaban J connectivity index is 0. The van der Waals surface area contributed by atoms with Crippen molar-refractivity contribution in [2.24, 2.45) is 0 Å². The molecule has 136 valence electrons. The highest BCUT2D eigenvalue weighted by molar-refractivity contribution is 5.62. The van der Waals surface area contributed by atoms with Crippen molar-refractivity contribution in [1.82, 2.24) is 15.5 Å². The molecule has 0 fully saturated rings. The zero-order chi connectivity index (χ0) is 18.1. The Hall–Kier alpha value is -2.31. The number of nitrogens with two attached hydrogens (primary N) is 1. The number of nitrogens with zero attached hydrogens (tertiary/aromatic N) is 1. The zero-order valence-corrected chi connectivity index (χ0v) is 13.0. The van der Waals surface area contributed by atoms with Crippen LogP contribution < -0.4 is 42.7 Å². The van der Waals surface area contributed by atoms with E-state index in [0.29, 0.717) is 39.3 Å². The summed E-state index contributed by atoms with van der Waals surface area (Å²) in [4.78, 5) is 31.1. The van der Waals surface area contributed by atoms with Crippen LogP contribution in [0.5, 0.6) is 0 Å². The van der Waals surface area contributed by atoms with Crippen molar-refractivity contribution in [2.45, 2.75) is 0 Å². The van der Waals surface area contributed by atoms with Gasteiger partial charge in [-0.25, -0.2) is 0 Å². The highest BCUT2D eigenvalue weighted by atomic mass is 16.4. The van der Waals surface area contributed by atoms with Crippen LogP contribution in [0.2, 0.25) is 0 Å². The van der Waals surface area contributed by atoms with Gasteiger partial charge in [-0.2, -0.15) is 0 Å². The molecule has 0 aliphatic rings. The van der Waals surface area contributed by atoms with Crippen molar-refractivity contribution < 1.29 is 46.5 Å². The highest BCUT2D eigenvalue weighted by Crippen LogP contribution is 1.81. The number of rotatable bonds is 10. The number of nitrogens with one attached hydrogen (secondary N) is 2. The maximum Gasteiger partial charge on any atom is 0.137 e. The molecule has 0 aliphatic carbocycles. The van der Waals surface area contributed by atoms with Gasteiger partial charge in [0.15, 0.2) is 0 Å². The Kier molecular flexibility index (Phi) is 16.0. The second-order valence-corrected chi connectivity index (χ2v) is 4.25. The Labute approximate surface area is 133 Å². The minimum absolute atomic E-state index is 0.285. The molecule has 0 rings (SSSR count). The lowest BCUT2D eigenvalue weighted by atomic mass is 10.5. The minimum atomic E-state index is -1.30. The van der Waals surface area contributed by atoms with Crippen molar-refractivity contribution >= 4 is 18.3 Å². The van der Waals surface area contributed by atoms with Crippen LogP contribution in [-0.2, 0) is 0 Å². The molecule has 0 radical (unpaired) electrons. The molecule has 0 aromatic carbocycles. The smallest absolute Gasteiger partial charge is 0.137 e. The van der Waals surface area contributed by atoms with Gasteiger partial charge in [0.25, 0.3) is 0 Å². The average molecular weight is 338 g/mol. The van der Waals surface area contributed by atoms with Crippen LogP contribution in [0.25, 0.3) is 0 Å². The molecule has 0 saturated heterocycles. The summed E-state index contributed by atoms with van der Waals surface area (Å²) in [5.74, 6) is 0. The van der Waals surface area contributed by atoms with Crippen LogP contribution in [0.15, 0.2) is 0 Å². The second-order valence-electron chi connectivity index (χ2n) is 4.25. The van der Waals surface area contributed by atoms with Crippen LogP contribution in [0, 0.1) is 0 Å². The Morgan fingerprint density at radius 2 is 1.26 bits per heavy atom. The van der Waals surface area contributed by atoms with E-state index in [1.165, 1.54) is 4.90 Å². The Morgan fingerprint density at radius 3 is 1.52 bits per heavy atom. The Morgan fingerprint density at radius 1 is 0.870 bits per heavy atom. The number of carbonyl (C=O) groups excluding carboxylic acids is 3. The molecule has 0 spiro atoms. The van der Waals surface area contributed by atoms with Crippen LogP contribution in [0.3, 0.4) is 0 Å². The Bertz CT molecular complexity index is 319. The molecule has 0 atom stereocenters. The van der Waals surface area contributed by atoms with Gasteiger partial charge in [-0.15, -0.1) is 0 Å². The van der Waals surface area contributed by atoms with E-state index in [1.54, 1.807) is 5.32 Å². The standard InChI is InChI=1S/C6H13N3O4.C5H13N3O2/c10-5(11)8-3-1-7-2-4-9-6(12)13;6-1-3-8(4-2-7)5(9)10/h7-9H,1-4H2,(H,10,11)(H,12,13);1-4,6-7H2,(H,9,10). The molecule has 23 heavy (non-hydrogen) atoms. The van der Waals surface area contributed by atoms with Gasteiger partial charge in [-0.05, 0) is 0 Å². The SMILES string of the molecule is O=C([O-])NCC[NH2+]CCNC(=O)[O-].[NH3+]CCN(CC[NH3+])C(=O)[O-]. The first-order valence-electron chi connectivity index (χ1n) is 7.10. The molecule has 0 saturated carbocycles. The molecular weight excluding hydrogens is 312 g/mol. The summed E-state index contributed by atoms with van der Waals surface area (Å²) in [5.41, 5.74) is 7.07. The number of hydrogen-bond donors (Lipinski definition) is 5. The third kappa shape index (κ3) is 19.7. The molecule has 3 amide bonds. The van der Waals surface area contributed by atoms with Crippen molar-refractivity contribution in [3.05, 3.63) is 0 Å². The summed E-state index contributed by atoms with van der Waals surface area (Å²) in [6, 6.07) is 0. The van der Waals surface area contributed by atoms with Crippen molar-refractivity contribution in [2.75, 3.05) is 52.4 Å². The van der Waals surface area contributed by atoms with Crippen LogP contribution in [0.4, 0.5) is 14.4 Å². The highest BCUT2D eigenvalue weighted by Gasteiger charge is 2.01. The van der Waals surface area contributed by atoms with E-state index in [4.69, 9.17) is 0 Å². The number of carboxylic acid groups (broad SMARTS) is 3. The molecule has 0 bridgehead atoms. The summed E-state index contributed by atoms with van der Waals surface area (Å²) < 4.78 is 0. The van der Waals surface area contributed by atoms with E-state index in [0.717, 1.165) is 0 Å². The molecule has 0 unspecified atom stereocenters. The summed E-state index contributed by atoms with van der Waals surface area (Å²) >= 11 is 0. The van der Waals surface area contributed by atoms with Gasteiger partial charge in [0.2, 0.25) is 0 Å². The van der Waals surface area contributed by atoms with Gasteiger partial charge in [-0.3, -0.25) is 0 Å². The summed E-state index contributed by atoms with van der Waals surface area (Å²) in [6.45, 7) is 3.70. The van der Waals surface area contributed by atoms with Gasteiger partial charge in [0.1, 0.15) is 18.3 Å². The molecule has 10 N–H and O–H groups in total. The molecule has 12 nitrogen and oxygen atoms in total. The average Bonchev–Trinajstić information content (AvgIpc) is 2.46. The fourth-order valence-electron chi connectivity index (χ4n) is 1.37. The molecule has 0 heterocycles. The first-order chi connectivity index (χ1) is 10.8. The number of carbonyl (C=O) groups is 3. The monoisotopic (exact) mass is 338 g/mol. The van der Waals surface area contributed by atoms with E-state index >= 15 is 0 Å². The van der Waals surface area contributed by atoms with Gasteiger partial charge in [0, 0.05) is 0 Å². The maximum atomic E-state index is 10.2. The van der Waals surface area contributed by atoms with Crippen LogP contribution >= 0.6 is 0 Å². The van der Waals surface area contributed by atoms with E-state index in [9.17, 15) is 29.7 Å². The number of amides is 3. The summed E-state index contributed by atoms with van der Waals surface area (Å²) in [7, 11) is 0. The van der Waals surface area contributed by atoms with Gasteiger partial charge >= 0.3 is 0 Å². The summed E-state index contributed by atoms with van der Waals surface area (Å²) in [6.07, 6.45) is -3.74. The molecule has 0 aromatic heterocycles. The third-order valence-corrected chi connectivity index (χ3v) is 2.35. The van der Waals surface area contributed by atoms with E-state index in [2.05, 4.69) is 22.1 Å². The fraction of sp³-hybridized carbons (Fsp3) is 0.727. The second kappa shape index (κ2) is 16.1. The lowest BCUT2D eigenvalue weighted by Gasteiger charge is -2.21. The zero-order valence-electron chi connectivity index (χ0n) is 13.0. The van der Waals surface area contributed by atoms with E-state index in [1.807, 2.05) is 0 Å². The third-order valence-electron chi connectivity index (χ3n) is 2.35. The summed E-state index contributed by atoms with van der Waals surface area (Å²) in [5, 5.41) is 35.8. The van der Waals surface area contributed by atoms with Crippen molar-refractivity contribution in [1.29, 1.82) is 0 Å². The first-order valence-corrected chi connectivity index (χ1v) is 7.10. The normalized spacial score (nSPS) is 9.30. The predicted octanol–water partition coefficient (Wildman–Crippen LogP) is -8.47. The van der Waals surface area contributed by atoms with E-state index in [-0.39, 0.29) is 13.1 Å². The number of quaternary nitrogens is 3. The lowest BCUT2D eigenvalue weighted by Crippen LogP contribution is -2.87. The molecule has 12 heteroatoms. The van der Waals surface area contributed by atoms with Crippen molar-refractivity contribution in [3.63, 3.8) is 0 Å². The maximum absolute atomic E-state index is 10.2. The number of hydrogen-bond acceptors (Lipinski definition) is 6. The topological polar surface area (TPSA) is 220 Å². The van der Waals surface area contributed by atoms with Crippen LogP contribution in [0.1, 0.15) is 0 Å². The van der Waals surface area contributed by atoms with Gasteiger partial charge in [-0.1, -0.05) is 0 Å². The van der Waals surface area contributed by atoms with Crippen molar-refractivity contribution in [3.8, 4) is 0 Å². The molecule has 0 aromatic rings. The quantitative estimate of drug-likeness (QED) is 0.243. The van der Waals surface area contributed by atoms with Gasteiger partial charge < -0.3 is 62.0 Å². The predicted molar refractivity (Wildman–Crippen MR) is 70.9 cm³/mol. The van der Waals surface area contributed by atoms with E-state index < -0.39 is 18.3 Å². The fourth-order valence-corrected chi connectivity index (χ4v) is 1.37. The largest absolute Gasteiger partial charge is 0.530 e.